The van der Waals surface area contributed by atoms with Crippen LogP contribution in [-0.2, 0) is 0 Å². The third-order valence-corrected chi connectivity index (χ3v) is 3.29. The first-order valence-corrected chi connectivity index (χ1v) is 6.29. The largest absolute Gasteiger partial charge is 0.336 e. The number of amides is 2. The van der Waals surface area contributed by atoms with Crippen molar-refractivity contribution in [3.63, 3.8) is 0 Å². The van der Waals surface area contributed by atoms with Gasteiger partial charge in [0.1, 0.15) is 0 Å². The van der Waals surface area contributed by atoms with Crippen molar-refractivity contribution in [2.24, 2.45) is 17.6 Å². The summed E-state index contributed by atoms with van der Waals surface area (Å²) in [6.07, 6.45) is 2.35. The molecule has 94 valence electrons. The molecule has 16 heavy (non-hydrogen) atoms. The van der Waals surface area contributed by atoms with Crippen molar-refractivity contribution in [3.8, 4) is 0 Å². The van der Waals surface area contributed by atoms with Crippen molar-refractivity contribution in [1.82, 2.24) is 10.2 Å². The SMILES string of the molecule is CC1CCCN(C(=O)NCC(N)C(C)C)C1. The molecule has 0 spiro atoms. The molecule has 0 radical (unpaired) electrons. The predicted octanol–water partition coefficient (Wildman–Crippen LogP) is 1.41. The van der Waals surface area contributed by atoms with Crippen LogP contribution in [0.15, 0.2) is 0 Å². The average Bonchev–Trinajstić information content (AvgIpc) is 2.25. The molecule has 2 unspecified atom stereocenters. The van der Waals surface area contributed by atoms with Crippen molar-refractivity contribution in [1.29, 1.82) is 0 Å². The summed E-state index contributed by atoms with van der Waals surface area (Å²) in [4.78, 5) is 13.7. The predicted molar refractivity (Wildman–Crippen MR) is 66.2 cm³/mol. The molecule has 1 aliphatic heterocycles. The van der Waals surface area contributed by atoms with E-state index < -0.39 is 0 Å². The molecular weight excluding hydrogens is 202 g/mol. The molecule has 1 rings (SSSR count). The molecule has 2 amide bonds. The molecular formula is C12H25N3O. The molecule has 1 aliphatic rings. The summed E-state index contributed by atoms with van der Waals surface area (Å²) in [7, 11) is 0. The van der Waals surface area contributed by atoms with Crippen molar-refractivity contribution >= 4 is 6.03 Å². The van der Waals surface area contributed by atoms with Crippen LogP contribution in [0.1, 0.15) is 33.6 Å². The number of carbonyl (C=O) groups is 1. The normalized spacial score (nSPS) is 23.3. The monoisotopic (exact) mass is 227 g/mol. The molecule has 0 aromatic rings. The lowest BCUT2D eigenvalue weighted by Crippen LogP contribution is -2.49. The minimum absolute atomic E-state index is 0.0441. The summed E-state index contributed by atoms with van der Waals surface area (Å²) >= 11 is 0. The second-order valence-corrected chi connectivity index (χ2v) is 5.29. The zero-order valence-corrected chi connectivity index (χ0v) is 10.7. The topological polar surface area (TPSA) is 58.4 Å². The molecule has 0 aromatic heterocycles. The van der Waals surface area contributed by atoms with Crippen LogP contribution in [0.3, 0.4) is 0 Å². The van der Waals surface area contributed by atoms with Crippen LogP contribution < -0.4 is 11.1 Å². The Labute approximate surface area is 98.6 Å². The van der Waals surface area contributed by atoms with Crippen LogP contribution in [0, 0.1) is 11.8 Å². The third-order valence-electron chi connectivity index (χ3n) is 3.29. The summed E-state index contributed by atoms with van der Waals surface area (Å²) in [6, 6.07) is 0.0915. The Hall–Kier alpha value is -0.770. The van der Waals surface area contributed by atoms with Crippen molar-refractivity contribution in [3.05, 3.63) is 0 Å². The first-order chi connectivity index (χ1) is 7.50. The average molecular weight is 227 g/mol. The lowest BCUT2D eigenvalue weighted by Gasteiger charge is -2.31. The lowest BCUT2D eigenvalue weighted by atomic mass is 10.0. The molecule has 0 aliphatic carbocycles. The quantitative estimate of drug-likeness (QED) is 0.766. The van der Waals surface area contributed by atoms with Gasteiger partial charge < -0.3 is 16.0 Å². The summed E-state index contributed by atoms with van der Waals surface area (Å²) in [5.41, 5.74) is 5.89. The molecule has 0 bridgehead atoms. The maximum absolute atomic E-state index is 11.8. The molecule has 4 heteroatoms. The number of nitrogens with zero attached hydrogens (tertiary/aromatic N) is 1. The van der Waals surface area contributed by atoms with Crippen molar-refractivity contribution in [2.45, 2.75) is 39.7 Å². The minimum Gasteiger partial charge on any atom is -0.336 e. The Balaban J connectivity index is 2.29. The van der Waals surface area contributed by atoms with E-state index in [0.717, 1.165) is 19.5 Å². The van der Waals surface area contributed by atoms with E-state index in [2.05, 4.69) is 26.1 Å². The van der Waals surface area contributed by atoms with E-state index in [1.54, 1.807) is 0 Å². The van der Waals surface area contributed by atoms with Gasteiger partial charge in [-0.05, 0) is 24.7 Å². The van der Waals surface area contributed by atoms with E-state index in [0.29, 0.717) is 18.4 Å². The summed E-state index contributed by atoms with van der Waals surface area (Å²) in [6.45, 7) is 8.66. The summed E-state index contributed by atoms with van der Waals surface area (Å²) in [5, 5.41) is 2.92. The van der Waals surface area contributed by atoms with Crippen LogP contribution in [-0.4, -0.2) is 36.6 Å². The number of piperidine rings is 1. The number of hydrogen-bond donors (Lipinski definition) is 2. The van der Waals surface area contributed by atoms with Crippen LogP contribution in [0.2, 0.25) is 0 Å². The fraction of sp³-hybridized carbons (Fsp3) is 0.917. The van der Waals surface area contributed by atoms with Crippen LogP contribution >= 0.6 is 0 Å². The van der Waals surface area contributed by atoms with Gasteiger partial charge in [-0.1, -0.05) is 20.8 Å². The van der Waals surface area contributed by atoms with Gasteiger partial charge in [0.05, 0.1) is 0 Å². The van der Waals surface area contributed by atoms with Crippen LogP contribution in [0.5, 0.6) is 0 Å². The zero-order chi connectivity index (χ0) is 12.1. The van der Waals surface area contributed by atoms with Crippen molar-refractivity contribution in [2.75, 3.05) is 19.6 Å². The first-order valence-electron chi connectivity index (χ1n) is 6.29. The minimum atomic E-state index is 0.0441. The Morgan fingerprint density at radius 2 is 2.25 bits per heavy atom. The zero-order valence-electron chi connectivity index (χ0n) is 10.7. The van der Waals surface area contributed by atoms with Crippen molar-refractivity contribution < 1.29 is 4.79 Å². The van der Waals surface area contributed by atoms with E-state index in [1.165, 1.54) is 6.42 Å². The number of nitrogens with one attached hydrogen (secondary N) is 1. The molecule has 3 N–H and O–H groups in total. The Bertz CT molecular complexity index is 230. The molecule has 2 atom stereocenters. The van der Waals surface area contributed by atoms with Gasteiger partial charge in [-0.15, -0.1) is 0 Å². The summed E-state index contributed by atoms with van der Waals surface area (Å²) < 4.78 is 0. The Morgan fingerprint density at radius 3 is 2.81 bits per heavy atom. The van der Waals surface area contributed by atoms with Gasteiger partial charge >= 0.3 is 6.03 Å². The number of carbonyl (C=O) groups excluding carboxylic acids is 1. The van der Waals surface area contributed by atoms with Gasteiger partial charge in [0.2, 0.25) is 0 Å². The van der Waals surface area contributed by atoms with E-state index in [-0.39, 0.29) is 12.1 Å². The highest BCUT2D eigenvalue weighted by Crippen LogP contribution is 2.15. The highest BCUT2D eigenvalue weighted by atomic mass is 16.2. The number of hydrogen-bond acceptors (Lipinski definition) is 2. The maximum Gasteiger partial charge on any atom is 0.317 e. The second-order valence-electron chi connectivity index (χ2n) is 5.29. The molecule has 1 saturated heterocycles. The molecule has 4 nitrogen and oxygen atoms in total. The van der Waals surface area contributed by atoms with Gasteiger partial charge in [0.15, 0.2) is 0 Å². The Morgan fingerprint density at radius 1 is 1.56 bits per heavy atom. The highest BCUT2D eigenvalue weighted by molar-refractivity contribution is 5.74. The van der Waals surface area contributed by atoms with E-state index >= 15 is 0 Å². The van der Waals surface area contributed by atoms with Crippen LogP contribution in [0.25, 0.3) is 0 Å². The lowest BCUT2D eigenvalue weighted by molar-refractivity contribution is 0.168. The number of nitrogens with two attached hydrogens (primary N) is 1. The summed E-state index contributed by atoms with van der Waals surface area (Å²) in [5.74, 6) is 1.03. The van der Waals surface area contributed by atoms with Gasteiger partial charge in [0, 0.05) is 25.7 Å². The second kappa shape index (κ2) is 6.09. The van der Waals surface area contributed by atoms with E-state index in [1.807, 2.05) is 4.90 Å². The van der Waals surface area contributed by atoms with Gasteiger partial charge in [0.25, 0.3) is 0 Å². The molecule has 1 heterocycles. The van der Waals surface area contributed by atoms with Gasteiger partial charge in [-0.2, -0.15) is 0 Å². The van der Waals surface area contributed by atoms with E-state index in [4.69, 9.17) is 5.73 Å². The van der Waals surface area contributed by atoms with Crippen LogP contribution in [0.4, 0.5) is 4.79 Å². The standard InChI is InChI=1S/C12H25N3O/c1-9(2)11(13)7-14-12(16)15-6-4-5-10(3)8-15/h9-11H,4-8,13H2,1-3H3,(H,14,16). The fourth-order valence-corrected chi connectivity index (χ4v) is 1.93. The molecule has 0 aromatic carbocycles. The first kappa shape index (κ1) is 13.3. The third kappa shape index (κ3) is 4.00. The number of urea groups is 1. The number of rotatable bonds is 3. The highest BCUT2D eigenvalue weighted by Gasteiger charge is 2.21. The molecule has 1 fully saturated rings. The smallest absolute Gasteiger partial charge is 0.317 e. The molecule has 0 saturated carbocycles. The Kier molecular flexibility index (Phi) is 5.06. The fourth-order valence-electron chi connectivity index (χ4n) is 1.93. The van der Waals surface area contributed by atoms with Gasteiger partial charge in [-0.25, -0.2) is 4.79 Å². The van der Waals surface area contributed by atoms with Gasteiger partial charge in [-0.3, -0.25) is 0 Å². The maximum atomic E-state index is 11.8. The van der Waals surface area contributed by atoms with E-state index in [9.17, 15) is 4.79 Å². The number of likely N-dealkylation sites (tertiary alicyclic amines) is 1.